The molecule has 0 aliphatic heterocycles. The number of hydrogen-bond acceptors (Lipinski definition) is 3. The smallest absolute Gasteiger partial charge is 0.191 e. The summed E-state index contributed by atoms with van der Waals surface area (Å²) in [7, 11) is -1.74. The predicted octanol–water partition coefficient (Wildman–Crippen LogP) is 6.62. The lowest BCUT2D eigenvalue weighted by atomic mass is 9.45. The average Bonchev–Trinajstić information content (AvgIpc) is 3.04. The van der Waals surface area contributed by atoms with Crippen molar-refractivity contribution in [1.29, 1.82) is 0 Å². The maximum absolute atomic E-state index is 12.1. The molecule has 0 aromatic rings. The summed E-state index contributed by atoms with van der Waals surface area (Å²) in [4.78, 5) is 12.1. The molecule has 4 aliphatic carbocycles. The molecule has 0 aromatic carbocycles. The van der Waals surface area contributed by atoms with Gasteiger partial charge < -0.3 is 9.53 Å². The van der Waals surface area contributed by atoms with Crippen LogP contribution in [0.3, 0.4) is 0 Å². The molecule has 0 radical (unpaired) electrons. The van der Waals surface area contributed by atoms with Gasteiger partial charge in [-0.1, -0.05) is 47.6 Å². The van der Waals surface area contributed by atoms with Gasteiger partial charge in [0.1, 0.15) is 0 Å². The molecule has 0 amide bonds. The third-order valence-corrected chi connectivity index (χ3v) is 15.8. The number of carbonyl (C=O) groups excluding carboxylic acids is 1. The topological polar surface area (TPSA) is 46.5 Å². The van der Waals surface area contributed by atoms with Crippen molar-refractivity contribution < 1.29 is 14.3 Å². The molecule has 32 heavy (non-hydrogen) atoms. The van der Waals surface area contributed by atoms with Crippen LogP contribution in [0.2, 0.25) is 18.1 Å². The first-order valence-electron chi connectivity index (χ1n) is 13.2. The maximum atomic E-state index is 12.1. The van der Waals surface area contributed by atoms with E-state index in [0.29, 0.717) is 47.3 Å². The van der Waals surface area contributed by atoms with E-state index in [-0.39, 0.29) is 22.3 Å². The minimum Gasteiger partial charge on any atom is -0.417 e. The Hall–Kier alpha value is -0.453. The molecule has 3 saturated carbocycles. The SMILES string of the molecule is C[C@H](CO[Si](C)(C)C(C)(C)C)[C@H]1CC[C@H]2[C@@H]3C(O)CC4CC(=O)C=C[C@]4(C)[C@H]3CC[C@]12C. The highest BCUT2D eigenvalue weighted by Crippen LogP contribution is 2.67. The van der Waals surface area contributed by atoms with Crippen LogP contribution in [-0.4, -0.2) is 31.9 Å². The van der Waals surface area contributed by atoms with Crippen LogP contribution < -0.4 is 0 Å². The van der Waals surface area contributed by atoms with Crippen molar-refractivity contribution in [3.8, 4) is 0 Å². The quantitative estimate of drug-likeness (QED) is 0.480. The number of ketones is 1. The Morgan fingerprint density at radius 3 is 2.53 bits per heavy atom. The molecule has 4 heteroatoms. The highest BCUT2D eigenvalue weighted by Gasteiger charge is 2.62. The van der Waals surface area contributed by atoms with Crippen LogP contribution in [0.4, 0.5) is 0 Å². The van der Waals surface area contributed by atoms with Crippen LogP contribution in [0.5, 0.6) is 0 Å². The molecular weight excluding hydrogens is 412 g/mol. The van der Waals surface area contributed by atoms with Crippen LogP contribution in [0.1, 0.15) is 80.1 Å². The molecule has 0 spiro atoms. The Bertz CT molecular complexity index is 767. The summed E-state index contributed by atoms with van der Waals surface area (Å²) in [5.74, 6) is 3.29. The first kappa shape index (κ1) is 24.7. The minimum absolute atomic E-state index is 0.0777. The van der Waals surface area contributed by atoms with E-state index in [2.05, 4.69) is 60.7 Å². The second-order valence-electron chi connectivity index (χ2n) is 13.9. The monoisotopic (exact) mass is 460 g/mol. The third-order valence-electron chi connectivity index (χ3n) is 11.3. The van der Waals surface area contributed by atoms with E-state index in [1.54, 1.807) is 0 Å². The van der Waals surface area contributed by atoms with Crippen molar-refractivity contribution in [3.63, 3.8) is 0 Å². The van der Waals surface area contributed by atoms with Gasteiger partial charge in [-0.25, -0.2) is 0 Å². The summed E-state index contributed by atoms with van der Waals surface area (Å²) in [6.07, 6.45) is 10.2. The second-order valence-corrected chi connectivity index (χ2v) is 18.7. The molecule has 3 fully saturated rings. The standard InChI is InChI=1S/C28H48O3Si/c1-18(17-31-32(7,8)26(2,3)4)21-9-10-22-25-23(12-14-28(21,22)6)27(5)13-11-20(29)15-19(27)16-24(25)30/h11,13,18-19,21-25,30H,9-10,12,14-17H2,1-8H3/t18-,19?,21-,22+,23+,24?,25+,27+,28-/m1/s1. The van der Waals surface area contributed by atoms with Crippen molar-refractivity contribution in [3.05, 3.63) is 12.2 Å². The zero-order chi connectivity index (χ0) is 23.7. The lowest BCUT2D eigenvalue weighted by molar-refractivity contribution is -0.147. The normalized spacial score (nSPS) is 45.2. The zero-order valence-corrected chi connectivity index (χ0v) is 22.9. The van der Waals surface area contributed by atoms with Gasteiger partial charge in [-0.15, -0.1) is 0 Å². The van der Waals surface area contributed by atoms with Crippen molar-refractivity contribution in [1.82, 2.24) is 0 Å². The minimum atomic E-state index is -1.74. The van der Waals surface area contributed by atoms with E-state index in [9.17, 15) is 9.90 Å². The number of carbonyl (C=O) groups is 1. The van der Waals surface area contributed by atoms with Gasteiger partial charge in [0.2, 0.25) is 0 Å². The Balaban J connectivity index is 1.52. The number of aliphatic hydroxyl groups is 1. The van der Waals surface area contributed by atoms with E-state index in [1.807, 2.05) is 6.08 Å². The molecule has 4 rings (SSSR count). The average molecular weight is 461 g/mol. The Kier molecular flexibility index (Phi) is 6.21. The fraction of sp³-hybridized carbons (Fsp3) is 0.893. The largest absolute Gasteiger partial charge is 0.417 e. The lowest BCUT2D eigenvalue weighted by Gasteiger charge is -2.60. The molecule has 0 heterocycles. The molecule has 3 nitrogen and oxygen atoms in total. The summed E-state index contributed by atoms with van der Waals surface area (Å²) in [5.41, 5.74) is 0.379. The first-order chi connectivity index (χ1) is 14.7. The van der Waals surface area contributed by atoms with Crippen LogP contribution in [0, 0.1) is 46.3 Å². The van der Waals surface area contributed by atoms with E-state index < -0.39 is 8.32 Å². The van der Waals surface area contributed by atoms with Gasteiger partial charge in [-0.05, 0) is 103 Å². The molecule has 0 aromatic heterocycles. The summed E-state index contributed by atoms with van der Waals surface area (Å²) in [5, 5.41) is 11.6. The van der Waals surface area contributed by atoms with Gasteiger partial charge >= 0.3 is 0 Å². The number of hydrogen-bond donors (Lipinski definition) is 1. The third kappa shape index (κ3) is 3.81. The lowest BCUT2D eigenvalue weighted by Crippen LogP contribution is -2.57. The van der Waals surface area contributed by atoms with Crippen molar-refractivity contribution in [2.45, 2.75) is 104 Å². The number of fused-ring (bicyclic) bond motifs is 5. The van der Waals surface area contributed by atoms with Crippen molar-refractivity contribution >= 4 is 14.1 Å². The Morgan fingerprint density at radius 2 is 1.88 bits per heavy atom. The Labute approximate surface area is 197 Å². The van der Waals surface area contributed by atoms with Gasteiger partial charge in [0, 0.05) is 13.0 Å². The summed E-state index contributed by atoms with van der Waals surface area (Å²) < 4.78 is 6.67. The number of aliphatic hydroxyl groups excluding tert-OH is 1. The summed E-state index contributed by atoms with van der Waals surface area (Å²) >= 11 is 0. The Morgan fingerprint density at radius 1 is 1.19 bits per heavy atom. The van der Waals surface area contributed by atoms with Crippen LogP contribution in [0.15, 0.2) is 12.2 Å². The van der Waals surface area contributed by atoms with E-state index in [0.717, 1.165) is 13.0 Å². The van der Waals surface area contributed by atoms with Gasteiger partial charge in [0.15, 0.2) is 14.1 Å². The zero-order valence-electron chi connectivity index (χ0n) is 21.9. The number of rotatable bonds is 4. The van der Waals surface area contributed by atoms with Crippen molar-refractivity contribution in [2.75, 3.05) is 6.61 Å². The van der Waals surface area contributed by atoms with Gasteiger partial charge in [-0.2, -0.15) is 0 Å². The molecule has 4 aliphatic rings. The molecule has 9 atom stereocenters. The molecule has 0 bridgehead atoms. The fourth-order valence-electron chi connectivity index (χ4n) is 8.26. The van der Waals surface area contributed by atoms with Gasteiger partial charge in [0.05, 0.1) is 6.10 Å². The van der Waals surface area contributed by atoms with Gasteiger partial charge in [-0.3, -0.25) is 4.79 Å². The molecular formula is C28H48O3Si. The first-order valence-corrected chi connectivity index (χ1v) is 16.2. The van der Waals surface area contributed by atoms with Crippen LogP contribution in [-0.2, 0) is 9.22 Å². The molecule has 1 N–H and O–H groups in total. The van der Waals surface area contributed by atoms with Crippen LogP contribution >= 0.6 is 0 Å². The van der Waals surface area contributed by atoms with Gasteiger partial charge in [0.25, 0.3) is 0 Å². The molecule has 182 valence electrons. The van der Waals surface area contributed by atoms with Crippen molar-refractivity contribution in [2.24, 2.45) is 46.3 Å². The van der Waals surface area contributed by atoms with E-state index >= 15 is 0 Å². The maximum Gasteiger partial charge on any atom is 0.191 e. The van der Waals surface area contributed by atoms with E-state index in [4.69, 9.17) is 4.43 Å². The highest BCUT2D eigenvalue weighted by molar-refractivity contribution is 6.74. The van der Waals surface area contributed by atoms with Crippen LogP contribution in [0.25, 0.3) is 0 Å². The molecule has 2 unspecified atom stereocenters. The number of allylic oxidation sites excluding steroid dienone is 2. The summed E-state index contributed by atoms with van der Waals surface area (Å²) in [6.45, 7) is 19.9. The highest BCUT2D eigenvalue weighted by atomic mass is 28.4. The fourth-order valence-corrected chi connectivity index (χ4v) is 9.37. The van der Waals surface area contributed by atoms with E-state index in [1.165, 1.54) is 25.7 Å². The summed E-state index contributed by atoms with van der Waals surface area (Å²) in [6, 6.07) is 0. The predicted molar refractivity (Wildman–Crippen MR) is 134 cm³/mol. The second kappa shape index (κ2) is 8.05. The molecule has 0 saturated heterocycles.